The van der Waals surface area contributed by atoms with E-state index in [1.54, 1.807) is 13.8 Å². The first-order chi connectivity index (χ1) is 12.1. The molecule has 0 fully saturated rings. The number of aromatic nitrogens is 2. The molecule has 0 bridgehead atoms. The van der Waals surface area contributed by atoms with E-state index in [-0.39, 0.29) is 18.8 Å². The van der Waals surface area contributed by atoms with E-state index in [9.17, 15) is 24.3 Å². The van der Waals surface area contributed by atoms with Gasteiger partial charge in [0.25, 0.3) is 0 Å². The van der Waals surface area contributed by atoms with Gasteiger partial charge in [-0.15, -0.1) is 0 Å². The Bertz CT molecular complexity index is 645. The van der Waals surface area contributed by atoms with Gasteiger partial charge in [-0.05, 0) is 5.92 Å². The Kier molecular flexibility index (Phi) is 7.72. The number of carbonyl (C=O) groups is 4. The molecular weight excluding hydrogens is 344 g/mol. The maximum Gasteiger partial charge on any atom is 0.326 e. The summed E-state index contributed by atoms with van der Waals surface area (Å²) in [6.45, 7) is 3.35. The molecule has 3 amide bonds. The lowest BCUT2D eigenvalue weighted by Crippen LogP contribution is -2.57. The number of amides is 3. The van der Waals surface area contributed by atoms with E-state index in [1.807, 2.05) is 0 Å². The Balaban J connectivity index is 2.78. The maximum atomic E-state index is 12.5. The monoisotopic (exact) mass is 368 g/mol. The number of nitrogens with zero attached hydrogens (tertiary/aromatic N) is 1. The number of nitrogens with one attached hydrogen (secondary N) is 3. The van der Waals surface area contributed by atoms with Crippen molar-refractivity contribution >= 4 is 23.7 Å². The highest BCUT2D eigenvalue weighted by Gasteiger charge is 2.30. The van der Waals surface area contributed by atoms with Crippen molar-refractivity contribution in [1.82, 2.24) is 20.6 Å². The van der Waals surface area contributed by atoms with E-state index in [4.69, 9.17) is 11.5 Å². The van der Waals surface area contributed by atoms with E-state index in [2.05, 4.69) is 20.6 Å². The summed E-state index contributed by atoms with van der Waals surface area (Å²) in [7, 11) is 0. The number of nitrogens with two attached hydrogens (primary N) is 2. The summed E-state index contributed by atoms with van der Waals surface area (Å²) >= 11 is 0. The smallest absolute Gasteiger partial charge is 0.326 e. The Labute approximate surface area is 149 Å². The van der Waals surface area contributed by atoms with Gasteiger partial charge in [-0.1, -0.05) is 13.8 Å². The summed E-state index contributed by atoms with van der Waals surface area (Å²) < 4.78 is 0. The zero-order valence-electron chi connectivity index (χ0n) is 14.6. The van der Waals surface area contributed by atoms with Gasteiger partial charge < -0.3 is 32.2 Å². The second-order valence-corrected chi connectivity index (χ2v) is 6.19. The van der Waals surface area contributed by atoms with Gasteiger partial charge >= 0.3 is 5.97 Å². The molecule has 8 N–H and O–H groups in total. The molecule has 3 atom stereocenters. The predicted octanol–water partition coefficient (Wildman–Crippen LogP) is -2.13. The van der Waals surface area contributed by atoms with Crippen molar-refractivity contribution in [2.45, 2.75) is 44.8 Å². The standard InChI is InChI=1S/C15H24N6O5/c1-7(2)12(21-13(23)9(16)4-11(17)22)14(24)20-10(15(25)26)3-8-5-18-6-19-8/h5-7,9-10,12H,3-4,16H2,1-2H3,(H2,17,22)(H,18,19)(H,20,24)(H,21,23)(H,25,26). The number of rotatable bonds is 10. The van der Waals surface area contributed by atoms with Crippen molar-refractivity contribution < 1.29 is 24.3 Å². The first-order valence-corrected chi connectivity index (χ1v) is 7.96. The van der Waals surface area contributed by atoms with Crippen LogP contribution in [0.25, 0.3) is 0 Å². The minimum atomic E-state index is -1.23. The van der Waals surface area contributed by atoms with Gasteiger partial charge in [-0.2, -0.15) is 0 Å². The molecule has 11 nitrogen and oxygen atoms in total. The average molecular weight is 368 g/mol. The van der Waals surface area contributed by atoms with Crippen LogP contribution < -0.4 is 22.1 Å². The first kappa shape index (κ1) is 21.1. The molecule has 0 aliphatic heterocycles. The normalized spacial score (nSPS) is 14.3. The third-order valence-electron chi connectivity index (χ3n) is 3.60. The van der Waals surface area contributed by atoms with Gasteiger partial charge in [0.1, 0.15) is 12.1 Å². The summed E-state index contributed by atoms with van der Waals surface area (Å²) in [5, 5.41) is 14.1. The predicted molar refractivity (Wildman–Crippen MR) is 90.4 cm³/mol. The highest BCUT2D eigenvalue weighted by atomic mass is 16.4. The zero-order valence-corrected chi connectivity index (χ0v) is 14.6. The third-order valence-corrected chi connectivity index (χ3v) is 3.60. The molecule has 0 spiro atoms. The lowest BCUT2D eigenvalue weighted by Gasteiger charge is -2.25. The van der Waals surface area contributed by atoms with Crippen molar-refractivity contribution in [2.24, 2.45) is 17.4 Å². The number of H-pyrrole nitrogens is 1. The van der Waals surface area contributed by atoms with Crippen LogP contribution in [0.2, 0.25) is 0 Å². The van der Waals surface area contributed by atoms with Crippen molar-refractivity contribution in [3.63, 3.8) is 0 Å². The van der Waals surface area contributed by atoms with E-state index in [0.717, 1.165) is 0 Å². The number of carbonyl (C=O) groups excluding carboxylic acids is 3. The van der Waals surface area contributed by atoms with Crippen LogP contribution in [0.4, 0.5) is 0 Å². The van der Waals surface area contributed by atoms with Crippen LogP contribution in [0.3, 0.4) is 0 Å². The van der Waals surface area contributed by atoms with Crippen LogP contribution >= 0.6 is 0 Å². The van der Waals surface area contributed by atoms with Crippen molar-refractivity contribution in [3.05, 3.63) is 18.2 Å². The molecule has 26 heavy (non-hydrogen) atoms. The van der Waals surface area contributed by atoms with E-state index >= 15 is 0 Å². The number of carboxylic acids is 1. The van der Waals surface area contributed by atoms with Crippen molar-refractivity contribution in [2.75, 3.05) is 0 Å². The van der Waals surface area contributed by atoms with Crippen LogP contribution in [0.5, 0.6) is 0 Å². The minimum Gasteiger partial charge on any atom is -0.480 e. The molecule has 11 heteroatoms. The summed E-state index contributed by atoms with van der Waals surface area (Å²) in [6.07, 6.45) is 2.48. The molecule has 0 aliphatic carbocycles. The SMILES string of the molecule is CC(C)C(NC(=O)C(N)CC(N)=O)C(=O)NC(Cc1cnc[nH]1)C(=O)O. The number of imidazole rings is 1. The highest BCUT2D eigenvalue weighted by molar-refractivity contribution is 5.93. The lowest BCUT2D eigenvalue weighted by atomic mass is 10.0. The van der Waals surface area contributed by atoms with Gasteiger partial charge in [0, 0.05) is 18.3 Å². The van der Waals surface area contributed by atoms with Gasteiger partial charge in [-0.25, -0.2) is 9.78 Å². The number of primary amides is 1. The third kappa shape index (κ3) is 6.51. The van der Waals surface area contributed by atoms with E-state index < -0.39 is 41.8 Å². The van der Waals surface area contributed by atoms with E-state index in [0.29, 0.717) is 5.69 Å². The minimum absolute atomic E-state index is 0.00102. The Morgan fingerprint density at radius 1 is 1.23 bits per heavy atom. The van der Waals surface area contributed by atoms with Gasteiger partial charge in [0.05, 0.1) is 18.8 Å². The number of carboxylic acid groups (broad SMARTS) is 1. The number of hydrogen-bond donors (Lipinski definition) is 6. The Morgan fingerprint density at radius 2 is 1.88 bits per heavy atom. The highest BCUT2D eigenvalue weighted by Crippen LogP contribution is 2.05. The zero-order chi connectivity index (χ0) is 19.9. The van der Waals surface area contributed by atoms with Crippen molar-refractivity contribution in [3.8, 4) is 0 Å². The summed E-state index contributed by atoms with van der Waals surface area (Å²) in [4.78, 5) is 53.3. The van der Waals surface area contributed by atoms with Crippen LogP contribution in [-0.2, 0) is 25.6 Å². The molecular formula is C15H24N6O5. The quantitative estimate of drug-likeness (QED) is 0.271. The molecule has 0 saturated heterocycles. The summed E-state index contributed by atoms with van der Waals surface area (Å²) in [6, 6.07) is -3.42. The topological polar surface area (TPSA) is 193 Å². The molecule has 0 aromatic carbocycles. The molecule has 144 valence electrons. The van der Waals surface area contributed by atoms with Crippen LogP contribution in [-0.4, -0.2) is 56.9 Å². The first-order valence-electron chi connectivity index (χ1n) is 7.96. The fourth-order valence-electron chi connectivity index (χ4n) is 2.18. The van der Waals surface area contributed by atoms with Crippen molar-refractivity contribution in [1.29, 1.82) is 0 Å². The second-order valence-electron chi connectivity index (χ2n) is 6.19. The number of hydrogen-bond acceptors (Lipinski definition) is 6. The van der Waals surface area contributed by atoms with Gasteiger partial charge in [0.2, 0.25) is 17.7 Å². The summed E-state index contributed by atoms with van der Waals surface area (Å²) in [5.41, 5.74) is 11.1. The molecule has 0 radical (unpaired) electrons. The number of aromatic amines is 1. The second kappa shape index (κ2) is 9.51. The van der Waals surface area contributed by atoms with E-state index in [1.165, 1.54) is 12.5 Å². The van der Waals surface area contributed by atoms with Crippen LogP contribution in [0, 0.1) is 5.92 Å². The molecule has 1 aromatic rings. The average Bonchev–Trinajstić information content (AvgIpc) is 3.03. The molecule has 1 heterocycles. The van der Waals surface area contributed by atoms with Crippen LogP contribution in [0.15, 0.2) is 12.5 Å². The van der Waals surface area contributed by atoms with Crippen LogP contribution in [0.1, 0.15) is 26.0 Å². The van der Waals surface area contributed by atoms with Gasteiger partial charge in [-0.3, -0.25) is 14.4 Å². The molecule has 0 saturated carbocycles. The molecule has 1 rings (SSSR count). The Hall–Kier alpha value is -2.95. The summed E-state index contributed by atoms with van der Waals surface area (Å²) in [5.74, 6) is -3.72. The molecule has 1 aromatic heterocycles. The number of aliphatic carboxylic acids is 1. The Morgan fingerprint density at radius 3 is 2.35 bits per heavy atom. The fourth-order valence-corrected chi connectivity index (χ4v) is 2.18. The largest absolute Gasteiger partial charge is 0.480 e. The molecule has 0 aliphatic rings. The maximum absolute atomic E-state index is 12.5. The fraction of sp³-hybridized carbons (Fsp3) is 0.533. The lowest BCUT2D eigenvalue weighted by molar-refractivity contribution is -0.142. The molecule has 3 unspecified atom stereocenters. The van der Waals surface area contributed by atoms with Gasteiger partial charge in [0.15, 0.2) is 0 Å².